The summed E-state index contributed by atoms with van der Waals surface area (Å²) in [5, 5.41) is 16.4. The fraction of sp³-hybridized carbons (Fsp3) is 0.640. The van der Waals surface area contributed by atoms with Crippen molar-refractivity contribution in [2.24, 2.45) is 11.8 Å². The fourth-order valence-corrected chi connectivity index (χ4v) is 6.09. The number of nitrogens with one attached hydrogen (secondary N) is 2. The summed E-state index contributed by atoms with van der Waals surface area (Å²) in [5.41, 5.74) is -0.866. The minimum atomic E-state index is -4.67. The van der Waals surface area contributed by atoms with E-state index in [1.165, 1.54) is 11.3 Å². The first-order valence-electron chi connectivity index (χ1n) is 12.4. The minimum Gasteiger partial charge on any atom is -0.396 e. The van der Waals surface area contributed by atoms with E-state index in [2.05, 4.69) is 32.5 Å². The van der Waals surface area contributed by atoms with E-state index in [0.29, 0.717) is 6.54 Å². The van der Waals surface area contributed by atoms with E-state index in [1.807, 2.05) is 26.0 Å². The Kier molecular flexibility index (Phi) is 7.71. The van der Waals surface area contributed by atoms with E-state index < -0.39 is 17.4 Å². The van der Waals surface area contributed by atoms with Gasteiger partial charge in [0.1, 0.15) is 10.8 Å². The molecular formula is C25H34F3N5OS. The molecule has 3 atom stereocenters. The Morgan fingerprint density at radius 2 is 2.03 bits per heavy atom. The number of aryl methyl sites for hydroxylation is 1. The highest BCUT2D eigenvalue weighted by Gasteiger charge is 2.45. The molecule has 0 unspecified atom stereocenters. The zero-order chi connectivity index (χ0) is 25.2. The monoisotopic (exact) mass is 509 g/mol. The highest BCUT2D eigenvalue weighted by Crippen LogP contribution is 2.47. The summed E-state index contributed by atoms with van der Waals surface area (Å²) in [6.45, 7) is 6.65. The van der Waals surface area contributed by atoms with E-state index in [4.69, 9.17) is 0 Å². The number of hydrogen-bond acceptors (Lipinski definition) is 7. The molecule has 2 heterocycles. The Morgan fingerprint density at radius 3 is 2.69 bits per heavy atom. The van der Waals surface area contributed by atoms with Crippen LogP contribution in [-0.2, 0) is 12.6 Å². The zero-order valence-corrected chi connectivity index (χ0v) is 21.3. The first-order chi connectivity index (χ1) is 16.7. The number of allylic oxidation sites excluding steroid dienone is 1. The maximum Gasteiger partial charge on any atom is 0.434 e. The van der Waals surface area contributed by atoms with Gasteiger partial charge in [-0.1, -0.05) is 32.8 Å². The molecule has 0 amide bonds. The van der Waals surface area contributed by atoms with Gasteiger partial charge in [-0.25, -0.2) is 9.97 Å². The molecule has 0 aromatic carbocycles. The van der Waals surface area contributed by atoms with Crippen molar-refractivity contribution in [2.45, 2.75) is 77.4 Å². The van der Waals surface area contributed by atoms with E-state index in [1.54, 1.807) is 0 Å². The normalized spacial score (nSPS) is 24.0. The molecule has 0 radical (unpaired) electrons. The Hall–Kier alpha value is -2.20. The van der Waals surface area contributed by atoms with Crippen LogP contribution in [0.2, 0.25) is 0 Å². The van der Waals surface area contributed by atoms with Crippen LogP contribution >= 0.6 is 11.3 Å². The molecule has 0 aliphatic heterocycles. The van der Waals surface area contributed by atoms with Crippen molar-refractivity contribution in [3.63, 3.8) is 0 Å². The first kappa shape index (κ1) is 25.9. The molecule has 2 aliphatic carbocycles. The van der Waals surface area contributed by atoms with Gasteiger partial charge in [-0.2, -0.15) is 18.2 Å². The molecule has 1 fully saturated rings. The van der Waals surface area contributed by atoms with Gasteiger partial charge in [-0.05, 0) is 56.9 Å². The van der Waals surface area contributed by atoms with Crippen LogP contribution in [0.1, 0.15) is 75.6 Å². The second-order valence-electron chi connectivity index (χ2n) is 9.83. The zero-order valence-electron chi connectivity index (χ0n) is 20.5. The molecule has 0 spiro atoms. The topological polar surface area (TPSA) is 83.0 Å². The lowest BCUT2D eigenvalue weighted by Crippen LogP contribution is -2.40. The van der Waals surface area contributed by atoms with Crippen molar-refractivity contribution in [3.8, 4) is 10.6 Å². The van der Waals surface area contributed by atoms with Crippen molar-refractivity contribution < 1.29 is 18.3 Å². The Bertz CT molecular complexity index is 1070. The summed E-state index contributed by atoms with van der Waals surface area (Å²) in [5.74, 6) is 0.254. The van der Waals surface area contributed by atoms with Crippen molar-refractivity contribution in [1.82, 2.24) is 15.0 Å². The van der Waals surface area contributed by atoms with E-state index >= 15 is 0 Å². The summed E-state index contributed by atoms with van der Waals surface area (Å²) in [4.78, 5) is 14.1. The second kappa shape index (κ2) is 10.4. The molecule has 192 valence electrons. The highest BCUT2D eigenvalue weighted by atomic mass is 32.1. The minimum absolute atomic E-state index is 0.0335. The number of aromatic nitrogens is 3. The third-order valence-electron chi connectivity index (χ3n) is 7.38. The largest absolute Gasteiger partial charge is 0.434 e. The van der Waals surface area contributed by atoms with Crippen molar-refractivity contribution in [1.29, 1.82) is 0 Å². The second-order valence-corrected chi connectivity index (χ2v) is 10.9. The number of anilines is 2. The van der Waals surface area contributed by atoms with Crippen LogP contribution < -0.4 is 10.6 Å². The Morgan fingerprint density at radius 1 is 1.23 bits per heavy atom. The summed E-state index contributed by atoms with van der Waals surface area (Å²) in [7, 11) is 0. The number of aliphatic hydroxyl groups excluding tert-OH is 1. The number of hydrogen-bond donors (Lipinski definition) is 3. The Balaban J connectivity index is 1.82. The highest BCUT2D eigenvalue weighted by molar-refractivity contribution is 7.15. The van der Waals surface area contributed by atoms with Crippen LogP contribution in [0, 0.1) is 11.8 Å². The van der Waals surface area contributed by atoms with E-state index in [-0.39, 0.29) is 40.8 Å². The van der Waals surface area contributed by atoms with Gasteiger partial charge in [0.25, 0.3) is 0 Å². The van der Waals surface area contributed by atoms with Gasteiger partial charge in [0, 0.05) is 23.6 Å². The van der Waals surface area contributed by atoms with Gasteiger partial charge in [-0.3, -0.25) is 0 Å². The third-order valence-corrected chi connectivity index (χ3v) is 8.53. The standard InChI is InChI=1S/C25H34F3N5OS/c1-4-5-8-13-29-23-31-20(25(26,27)28)19(22-30-17-9-6-7-10-18(17)35-22)21(32-23)33-24(3)12-11-16(14-34)15(24)2/h6,9,15-16,34H,4-5,7-8,10-14H2,1-3H3,(H2,29,31,32,33)/t15-,16-,24+/m1/s1. The van der Waals surface area contributed by atoms with Crippen LogP contribution in [-0.4, -0.2) is 38.7 Å². The van der Waals surface area contributed by atoms with Gasteiger partial charge in [0.15, 0.2) is 5.69 Å². The van der Waals surface area contributed by atoms with Crippen molar-refractivity contribution in [3.05, 3.63) is 22.3 Å². The SMILES string of the molecule is CCCCCNc1nc(N[C@@]2(C)CC[C@H](CO)[C@H]2C)c(-c2nc3c(s2)CCC=C3)c(C(F)(F)F)n1. The molecule has 2 aliphatic rings. The maximum absolute atomic E-state index is 14.4. The molecule has 6 nitrogen and oxygen atoms in total. The van der Waals surface area contributed by atoms with Crippen LogP contribution in [0.5, 0.6) is 0 Å². The van der Waals surface area contributed by atoms with Crippen molar-refractivity contribution in [2.75, 3.05) is 23.8 Å². The molecule has 10 heteroatoms. The molecular weight excluding hydrogens is 475 g/mol. The Labute approximate surface area is 208 Å². The molecule has 4 rings (SSSR count). The number of fused-ring (bicyclic) bond motifs is 1. The molecule has 0 saturated heterocycles. The summed E-state index contributed by atoms with van der Waals surface area (Å²) in [6.07, 6.45) is 5.12. The smallest absolute Gasteiger partial charge is 0.396 e. The number of nitrogens with zero attached hydrogens (tertiary/aromatic N) is 3. The molecule has 2 aromatic heterocycles. The van der Waals surface area contributed by atoms with Crippen LogP contribution in [0.25, 0.3) is 16.6 Å². The number of thiazole rings is 1. The van der Waals surface area contributed by atoms with Gasteiger partial charge in [0.05, 0.1) is 11.3 Å². The number of aliphatic hydroxyl groups is 1. The van der Waals surface area contributed by atoms with Crippen LogP contribution in [0.15, 0.2) is 6.08 Å². The van der Waals surface area contributed by atoms with Gasteiger partial charge in [-0.15, -0.1) is 11.3 Å². The van der Waals surface area contributed by atoms with Crippen LogP contribution in [0.4, 0.5) is 24.9 Å². The number of unbranched alkanes of at least 4 members (excludes halogenated alkanes) is 2. The van der Waals surface area contributed by atoms with Gasteiger partial charge < -0.3 is 15.7 Å². The molecule has 3 N–H and O–H groups in total. The summed E-state index contributed by atoms with van der Waals surface area (Å²) < 4.78 is 43.2. The van der Waals surface area contributed by atoms with Crippen LogP contribution in [0.3, 0.4) is 0 Å². The van der Waals surface area contributed by atoms with Gasteiger partial charge >= 0.3 is 6.18 Å². The maximum atomic E-state index is 14.4. The van der Waals surface area contributed by atoms with Crippen molar-refractivity contribution >= 4 is 29.2 Å². The number of rotatable bonds is 9. The molecule has 1 saturated carbocycles. The average molecular weight is 510 g/mol. The summed E-state index contributed by atoms with van der Waals surface area (Å²) >= 11 is 1.28. The molecule has 0 bridgehead atoms. The first-order valence-corrected chi connectivity index (χ1v) is 13.3. The fourth-order valence-electron chi connectivity index (χ4n) is 4.98. The number of alkyl halides is 3. The lowest BCUT2D eigenvalue weighted by Gasteiger charge is -2.34. The lowest BCUT2D eigenvalue weighted by atomic mass is 9.86. The average Bonchev–Trinajstić information content (AvgIpc) is 3.36. The van der Waals surface area contributed by atoms with E-state index in [9.17, 15) is 18.3 Å². The number of halogens is 3. The van der Waals surface area contributed by atoms with Gasteiger partial charge in [0.2, 0.25) is 5.95 Å². The third kappa shape index (κ3) is 5.48. The predicted molar refractivity (Wildman–Crippen MR) is 135 cm³/mol. The lowest BCUT2D eigenvalue weighted by molar-refractivity contribution is -0.140. The predicted octanol–water partition coefficient (Wildman–Crippen LogP) is 6.39. The molecule has 2 aromatic rings. The summed E-state index contributed by atoms with van der Waals surface area (Å²) in [6, 6.07) is 0. The van der Waals surface area contributed by atoms with E-state index in [0.717, 1.165) is 55.5 Å². The quantitative estimate of drug-likeness (QED) is 0.340. The molecule has 35 heavy (non-hydrogen) atoms.